The number of rotatable bonds is 5. The molecule has 2 unspecified atom stereocenters. The molecule has 74 valence electrons. The largest absolute Gasteiger partial charge is 0.327 e. The van der Waals surface area contributed by atoms with Crippen molar-refractivity contribution in [3.05, 3.63) is 0 Å². The highest BCUT2D eigenvalue weighted by molar-refractivity contribution is 7.91. The Hall–Kier alpha value is -0.0900. The SMILES string of the molecule is CCC(C)CS(=O)(=O)CC(C)N. The molecule has 0 aromatic rings. The van der Waals surface area contributed by atoms with E-state index in [0.717, 1.165) is 6.42 Å². The zero-order valence-corrected chi connectivity index (χ0v) is 8.89. The first-order chi connectivity index (χ1) is 5.37. The van der Waals surface area contributed by atoms with Gasteiger partial charge in [-0.25, -0.2) is 8.42 Å². The second-order valence-electron chi connectivity index (χ2n) is 3.57. The fourth-order valence-corrected chi connectivity index (χ4v) is 3.06. The van der Waals surface area contributed by atoms with Crippen LogP contribution in [0.25, 0.3) is 0 Å². The molecular formula is C8H19NO2S. The average molecular weight is 193 g/mol. The van der Waals surface area contributed by atoms with E-state index < -0.39 is 9.84 Å². The van der Waals surface area contributed by atoms with Gasteiger partial charge >= 0.3 is 0 Å². The second-order valence-corrected chi connectivity index (χ2v) is 5.72. The minimum Gasteiger partial charge on any atom is -0.327 e. The van der Waals surface area contributed by atoms with Crippen molar-refractivity contribution in [2.45, 2.75) is 33.2 Å². The molecule has 3 nitrogen and oxygen atoms in total. The van der Waals surface area contributed by atoms with Crippen LogP contribution in [0, 0.1) is 5.92 Å². The summed E-state index contributed by atoms with van der Waals surface area (Å²) >= 11 is 0. The summed E-state index contributed by atoms with van der Waals surface area (Å²) in [6.07, 6.45) is 0.901. The normalized spacial score (nSPS) is 17.3. The fraction of sp³-hybridized carbons (Fsp3) is 1.00. The van der Waals surface area contributed by atoms with Crippen molar-refractivity contribution in [3.63, 3.8) is 0 Å². The van der Waals surface area contributed by atoms with Crippen molar-refractivity contribution < 1.29 is 8.42 Å². The van der Waals surface area contributed by atoms with E-state index in [-0.39, 0.29) is 23.5 Å². The lowest BCUT2D eigenvalue weighted by Crippen LogP contribution is -2.29. The Labute approximate surface area is 75.3 Å². The van der Waals surface area contributed by atoms with E-state index in [1.807, 2.05) is 13.8 Å². The molecule has 0 bridgehead atoms. The first-order valence-corrected chi connectivity index (χ1v) is 6.15. The van der Waals surface area contributed by atoms with Gasteiger partial charge in [0, 0.05) is 6.04 Å². The molecule has 0 saturated heterocycles. The molecular weight excluding hydrogens is 174 g/mol. The van der Waals surface area contributed by atoms with Gasteiger partial charge in [-0.05, 0) is 12.8 Å². The van der Waals surface area contributed by atoms with Crippen LogP contribution in [0.5, 0.6) is 0 Å². The zero-order chi connectivity index (χ0) is 9.78. The summed E-state index contributed by atoms with van der Waals surface area (Å²) in [6.45, 7) is 5.65. The fourth-order valence-electron chi connectivity index (χ4n) is 1.02. The predicted molar refractivity (Wildman–Crippen MR) is 51.8 cm³/mol. The smallest absolute Gasteiger partial charge is 0.152 e. The molecule has 0 spiro atoms. The van der Waals surface area contributed by atoms with Gasteiger partial charge in [-0.3, -0.25) is 0 Å². The van der Waals surface area contributed by atoms with Gasteiger partial charge < -0.3 is 5.73 Å². The van der Waals surface area contributed by atoms with Gasteiger partial charge in [0.1, 0.15) is 0 Å². The maximum atomic E-state index is 11.3. The van der Waals surface area contributed by atoms with Gasteiger partial charge in [0.05, 0.1) is 11.5 Å². The van der Waals surface area contributed by atoms with Crippen LogP contribution in [-0.4, -0.2) is 26.0 Å². The summed E-state index contributed by atoms with van der Waals surface area (Å²) in [5.74, 6) is 0.622. The molecule has 0 fully saturated rings. The molecule has 0 aromatic carbocycles. The van der Waals surface area contributed by atoms with Gasteiger partial charge in [-0.15, -0.1) is 0 Å². The Morgan fingerprint density at radius 1 is 1.25 bits per heavy atom. The number of sulfone groups is 1. The van der Waals surface area contributed by atoms with Crippen LogP contribution in [0.3, 0.4) is 0 Å². The third kappa shape index (κ3) is 5.55. The number of nitrogens with two attached hydrogens (primary N) is 1. The van der Waals surface area contributed by atoms with Gasteiger partial charge in [-0.1, -0.05) is 20.3 Å². The maximum Gasteiger partial charge on any atom is 0.152 e. The zero-order valence-electron chi connectivity index (χ0n) is 8.08. The summed E-state index contributed by atoms with van der Waals surface area (Å²) in [4.78, 5) is 0. The minimum absolute atomic E-state index is 0.108. The van der Waals surface area contributed by atoms with E-state index in [9.17, 15) is 8.42 Å². The summed E-state index contributed by atoms with van der Waals surface area (Å²) in [5, 5.41) is 0. The van der Waals surface area contributed by atoms with Crippen molar-refractivity contribution in [2.24, 2.45) is 11.7 Å². The van der Waals surface area contributed by atoms with Crippen LogP contribution in [0.15, 0.2) is 0 Å². The highest BCUT2D eigenvalue weighted by Crippen LogP contribution is 2.06. The quantitative estimate of drug-likeness (QED) is 0.702. The summed E-state index contributed by atoms with van der Waals surface area (Å²) in [6, 6.07) is -0.251. The van der Waals surface area contributed by atoms with Crippen molar-refractivity contribution in [1.82, 2.24) is 0 Å². The van der Waals surface area contributed by atoms with Gasteiger partial charge in [-0.2, -0.15) is 0 Å². The Morgan fingerprint density at radius 2 is 1.75 bits per heavy atom. The average Bonchev–Trinajstić information content (AvgIpc) is 1.83. The third-order valence-corrected chi connectivity index (χ3v) is 3.86. The molecule has 0 radical (unpaired) electrons. The molecule has 12 heavy (non-hydrogen) atoms. The molecule has 0 saturated carbocycles. The first-order valence-electron chi connectivity index (χ1n) is 4.33. The molecule has 0 aliphatic rings. The van der Waals surface area contributed by atoms with Crippen molar-refractivity contribution in [2.75, 3.05) is 11.5 Å². The molecule has 2 atom stereocenters. The van der Waals surface area contributed by atoms with E-state index in [1.54, 1.807) is 6.92 Å². The van der Waals surface area contributed by atoms with E-state index in [2.05, 4.69) is 0 Å². The standard InChI is InChI=1S/C8H19NO2S/c1-4-7(2)5-12(10,11)6-8(3)9/h7-8H,4-6,9H2,1-3H3. The maximum absolute atomic E-state index is 11.3. The Balaban J connectivity index is 4.05. The van der Waals surface area contributed by atoms with Gasteiger partial charge in [0.25, 0.3) is 0 Å². The van der Waals surface area contributed by atoms with E-state index >= 15 is 0 Å². The molecule has 0 aliphatic carbocycles. The lowest BCUT2D eigenvalue weighted by molar-refractivity contribution is 0.560. The lowest BCUT2D eigenvalue weighted by atomic mass is 10.2. The second kappa shape index (κ2) is 4.82. The van der Waals surface area contributed by atoms with Crippen LogP contribution in [0.1, 0.15) is 27.2 Å². The van der Waals surface area contributed by atoms with Gasteiger partial charge in [0.2, 0.25) is 0 Å². The number of hydrogen-bond donors (Lipinski definition) is 1. The first kappa shape index (κ1) is 11.9. The number of hydrogen-bond acceptors (Lipinski definition) is 3. The molecule has 0 amide bonds. The lowest BCUT2D eigenvalue weighted by Gasteiger charge is -2.10. The predicted octanol–water partition coefficient (Wildman–Crippen LogP) is 0.794. The van der Waals surface area contributed by atoms with Crippen molar-refractivity contribution >= 4 is 9.84 Å². The van der Waals surface area contributed by atoms with Crippen molar-refractivity contribution in [1.29, 1.82) is 0 Å². The van der Waals surface area contributed by atoms with E-state index in [4.69, 9.17) is 5.73 Å². The van der Waals surface area contributed by atoms with E-state index in [0.29, 0.717) is 0 Å². The summed E-state index contributed by atoms with van der Waals surface area (Å²) in [5.41, 5.74) is 5.42. The monoisotopic (exact) mass is 193 g/mol. The Bertz CT molecular complexity index is 209. The molecule has 0 aromatic heterocycles. The molecule has 0 rings (SSSR count). The molecule has 0 aliphatic heterocycles. The van der Waals surface area contributed by atoms with Crippen LogP contribution in [0.2, 0.25) is 0 Å². The van der Waals surface area contributed by atoms with Crippen LogP contribution in [-0.2, 0) is 9.84 Å². The Morgan fingerprint density at radius 3 is 2.08 bits per heavy atom. The third-order valence-electron chi connectivity index (χ3n) is 1.75. The van der Waals surface area contributed by atoms with Crippen LogP contribution >= 0.6 is 0 Å². The summed E-state index contributed by atoms with van der Waals surface area (Å²) < 4.78 is 22.7. The van der Waals surface area contributed by atoms with Crippen molar-refractivity contribution in [3.8, 4) is 0 Å². The molecule has 2 N–H and O–H groups in total. The van der Waals surface area contributed by atoms with Gasteiger partial charge in [0.15, 0.2) is 9.84 Å². The highest BCUT2D eigenvalue weighted by Gasteiger charge is 2.16. The van der Waals surface area contributed by atoms with E-state index in [1.165, 1.54) is 0 Å². The minimum atomic E-state index is -2.92. The molecule has 0 heterocycles. The summed E-state index contributed by atoms with van der Waals surface area (Å²) in [7, 11) is -2.92. The van der Waals surface area contributed by atoms with Crippen LogP contribution in [0.4, 0.5) is 0 Å². The highest BCUT2D eigenvalue weighted by atomic mass is 32.2. The topological polar surface area (TPSA) is 60.2 Å². The Kier molecular flexibility index (Phi) is 4.78. The molecule has 4 heteroatoms. The van der Waals surface area contributed by atoms with Crippen LogP contribution < -0.4 is 5.73 Å².